The number of rotatable bonds is 7. The normalized spacial score (nSPS) is 13.9. The standard InChI is InChI=1S/C24H24N4O6S/c1-34-23-12-5-4-11-22(23)26-13-15-27(16-14-26)24(29)20-9-2-3-10-21(20)25-35(32,33)19-8-6-7-18(17-19)28(30)31/h2-12,17,25H,13-16H2,1H3. The molecule has 0 aliphatic carbocycles. The highest BCUT2D eigenvalue weighted by molar-refractivity contribution is 7.92. The molecular formula is C24H24N4O6S. The fraction of sp³-hybridized carbons (Fsp3) is 0.208. The summed E-state index contributed by atoms with van der Waals surface area (Å²) in [5.41, 5.74) is 0.917. The van der Waals surface area contributed by atoms with Gasteiger partial charge in [-0.05, 0) is 30.3 Å². The van der Waals surface area contributed by atoms with Crippen LogP contribution in [0.5, 0.6) is 5.75 Å². The number of hydrogen-bond acceptors (Lipinski definition) is 7. The third kappa shape index (κ3) is 5.19. The van der Waals surface area contributed by atoms with Crippen LogP contribution in [0.25, 0.3) is 0 Å². The summed E-state index contributed by atoms with van der Waals surface area (Å²) in [6.45, 7) is 2.08. The van der Waals surface area contributed by atoms with Crippen molar-refractivity contribution in [1.82, 2.24) is 4.90 Å². The number of carbonyl (C=O) groups is 1. The fourth-order valence-corrected chi connectivity index (χ4v) is 5.06. The predicted octanol–water partition coefficient (Wildman–Crippen LogP) is 3.37. The summed E-state index contributed by atoms with van der Waals surface area (Å²) in [4.78, 5) is 27.2. The number of carbonyl (C=O) groups excluding carboxylic acids is 1. The highest BCUT2D eigenvalue weighted by Crippen LogP contribution is 2.29. The molecule has 0 aromatic heterocycles. The van der Waals surface area contributed by atoms with Gasteiger partial charge in [-0.15, -0.1) is 0 Å². The SMILES string of the molecule is COc1ccccc1N1CCN(C(=O)c2ccccc2NS(=O)(=O)c2cccc([N+](=O)[O-])c2)CC1. The average molecular weight is 497 g/mol. The molecule has 1 aliphatic rings. The van der Waals surface area contributed by atoms with Crippen molar-refractivity contribution in [2.75, 3.05) is 42.9 Å². The van der Waals surface area contributed by atoms with Gasteiger partial charge in [0.1, 0.15) is 5.75 Å². The topological polar surface area (TPSA) is 122 Å². The van der Waals surface area contributed by atoms with Gasteiger partial charge in [-0.3, -0.25) is 19.6 Å². The number of hydrogen-bond donors (Lipinski definition) is 1. The Morgan fingerprint density at radius 3 is 2.37 bits per heavy atom. The molecule has 1 aliphatic heterocycles. The zero-order valence-corrected chi connectivity index (χ0v) is 19.8. The Morgan fingerprint density at radius 1 is 0.971 bits per heavy atom. The first kappa shape index (κ1) is 24.0. The third-order valence-electron chi connectivity index (χ3n) is 5.73. The van der Waals surface area contributed by atoms with Gasteiger partial charge in [0.05, 0.1) is 33.9 Å². The van der Waals surface area contributed by atoms with Crippen molar-refractivity contribution >= 4 is 33.0 Å². The molecule has 10 nitrogen and oxygen atoms in total. The van der Waals surface area contributed by atoms with Crippen molar-refractivity contribution in [3.05, 3.63) is 88.5 Å². The molecule has 1 amide bonds. The number of ether oxygens (including phenoxy) is 1. The van der Waals surface area contributed by atoms with Gasteiger partial charge in [-0.2, -0.15) is 0 Å². The number of piperazine rings is 1. The summed E-state index contributed by atoms with van der Waals surface area (Å²) in [7, 11) is -2.54. The lowest BCUT2D eigenvalue weighted by atomic mass is 10.1. The number of non-ortho nitro benzene ring substituents is 1. The molecule has 0 atom stereocenters. The molecule has 0 unspecified atom stereocenters. The van der Waals surface area contributed by atoms with Crippen LogP contribution < -0.4 is 14.4 Å². The maximum absolute atomic E-state index is 13.3. The van der Waals surface area contributed by atoms with Gasteiger partial charge in [-0.1, -0.05) is 30.3 Å². The summed E-state index contributed by atoms with van der Waals surface area (Å²) in [6, 6.07) is 18.7. The second-order valence-corrected chi connectivity index (χ2v) is 9.54. The smallest absolute Gasteiger partial charge is 0.270 e. The quantitative estimate of drug-likeness (QED) is 0.393. The summed E-state index contributed by atoms with van der Waals surface area (Å²) in [6.07, 6.45) is 0. The Balaban J connectivity index is 1.51. The van der Waals surface area contributed by atoms with Crippen LogP contribution in [0.1, 0.15) is 10.4 Å². The van der Waals surface area contributed by atoms with Crippen LogP contribution in [-0.2, 0) is 10.0 Å². The molecule has 4 rings (SSSR count). The second-order valence-electron chi connectivity index (χ2n) is 7.86. The Bertz CT molecular complexity index is 1350. The molecule has 1 fully saturated rings. The van der Waals surface area contributed by atoms with Gasteiger partial charge in [-0.25, -0.2) is 8.42 Å². The number of nitro benzene ring substituents is 1. The van der Waals surface area contributed by atoms with Gasteiger partial charge in [0, 0.05) is 38.3 Å². The van der Waals surface area contributed by atoms with Crippen LogP contribution >= 0.6 is 0 Å². The van der Waals surface area contributed by atoms with Gasteiger partial charge in [0.2, 0.25) is 0 Å². The number of anilines is 2. The van der Waals surface area contributed by atoms with E-state index in [-0.39, 0.29) is 27.7 Å². The van der Waals surface area contributed by atoms with Crippen molar-refractivity contribution in [3.63, 3.8) is 0 Å². The first-order valence-corrected chi connectivity index (χ1v) is 12.3. The highest BCUT2D eigenvalue weighted by Gasteiger charge is 2.26. The number of nitro groups is 1. The van der Waals surface area contributed by atoms with Crippen molar-refractivity contribution in [2.45, 2.75) is 4.90 Å². The minimum Gasteiger partial charge on any atom is -0.495 e. The molecule has 182 valence electrons. The Morgan fingerprint density at radius 2 is 1.66 bits per heavy atom. The Kier molecular flexibility index (Phi) is 6.87. The fourth-order valence-electron chi connectivity index (χ4n) is 3.94. The Hall–Kier alpha value is -4.12. The number of amides is 1. The number of para-hydroxylation sites is 3. The largest absolute Gasteiger partial charge is 0.495 e. The van der Waals surface area contributed by atoms with Gasteiger partial charge in [0.15, 0.2) is 0 Å². The van der Waals surface area contributed by atoms with E-state index in [9.17, 15) is 23.3 Å². The summed E-state index contributed by atoms with van der Waals surface area (Å²) in [5.74, 6) is 0.454. The van der Waals surface area contributed by atoms with E-state index in [0.717, 1.165) is 17.5 Å². The minimum atomic E-state index is -4.16. The van der Waals surface area contributed by atoms with Crippen molar-refractivity contribution in [3.8, 4) is 5.75 Å². The van der Waals surface area contributed by atoms with Crippen molar-refractivity contribution in [2.24, 2.45) is 0 Å². The van der Waals surface area contributed by atoms with Crippen molar-refractivity contribution < 1.29 is 22.9 Å². The molecular weight excluding hydrogens is 472 g/mol. The summed E-state index contributed by atoms with van der Waals surface area (Å²) >= 11 is 0. The van der Waals surface area contributed by atoms with Crippen LogP contribution in [0, 0.1) is 10.1 Å². The molecule has 0 radical (unpaired) electrons. The minimum absolute atomic E-state index is 0.108. The van der Waals surface area contributed by atoms with E-state index < -0.39 is 14.9 Å². The van der Waals surface area contributed by atoms with E-state index in [1.807, 2.05) is 24.3 Å². The van der Waals surface area contributed by atoms with E-state index >= 15 is 0 Å². The van der Waals surface area contributed by atoms with Crippen LogP contribution in [-0.4, -0.2) is 57.4 Å². The van der Waals surface area contributed by atoms with Crippen molar-refractivity contribution in [1.29, 1.82) is 0 Å². The van der Waals surface area contributed by atoms with E-state index in [1.165, 1.54) is 24.3 Å². The first-order valence-electron chi connectivity index (χ1n) is 10.8. The molecule has 3 aromatic carbocycles. The second kappa shape index (κ2) is 10.0. The third-order valence-corrected chi connectivity index (χ3v) is 7.10. The summed E-state index contributed by atoms with van der Waals surface area (Å²) in [5, 5.41) is 11.0. The molecule has 3 aromatic rings. The first-order chi connectivity index (χ1) is 16.8. The predicted molar refractivity (Wildman–Crippen MR) is 131 cm³/mol. The number of nitrogens with zero attached hydrogens (tertiary/aromatic N) is 3. The van der Waals surface area contributed by atoms with Gasteiger partial charge < -0.3 is 14.5 Å². The molecule has 1 saturated heterocycles. The Labute approximate surface area is 202 Å². The average Bonchev–Trinajstić information content (AvgIpc) is 2.88. The number of methoxy groups -OCH3 is 1. The molecule has 1 heterocycles. The molecule has 11 heteroatoms. The molecule has 0 spiro atoms. The van der Waals surface area contributed by atoms with Crippen LogP contribution in [0.2, 0.25) is 0 Å². The molecule has 1 N–H and O–H groups in total. The molecule has 0 bridgehead atoms. The van der Waals surface area contributed by atoms with E-state index in [4.69, 9.17) is 4.74 Å². The number of sulfonamides is 1. The lowest BCUT2D eigenvalue weighted by Crippen LogP contribution is -2.49. The van der Waals surface area contributed by atoms with E-state index in [2.05, 4.69) is 9.62 Å². The molecule has 35 heavy (non-hydrogen) atoms. The summed E-state index contributed by atoms with van der Waals surface area (Å²) < 4.78 is 33.7. The van der Waals surface area contributed by atoms with E-state index in [0.29, 0.717) is 26.2 Å². The maximum atomic E-state index is 13.3. The lowest BCUT2D eigenvalue weighted by Gasteiger charge is -2.36. The zero-order chi connectivity index (χ0) is 25.0. The number of benzene rings is 3. The van der Waals surface area contributed by atoms with Crippen LogP contribution in [0.4, 0.5) is 17.1 Å². The molecule has 0 saturated carbocycles. The number of nitrogens with one attached hydrogen (secondary N) is 1. The maximum Gasteiger partial charge on any atom is 0.270 e. The van der Waals surface area contributed by atoms with Gasteiger partial charge >= 0.3 is 0 Å². The zero-order valence-electron chi connectivity index (χ0n) is 19.0. The van der Waals surface area contributed by atoms with E-state index in [1.54, 1.807) is 30.2 Å². The van der Waals surface area contributed by atoms with Gasteiger partial charge in [0.25, 0.3) is 21.6 Å². The van der Waals surface area contributed by atoms with Crippen LogP contribution in [0.15, 0.2) is 77.7 Å². The highest BCUT2D eigenvalue weighted by atomic mass is 32.2. The monoisotopic (exact) mass is 496 g/mol. The van der Waals surface area contributed by atoms with Crippen LogP contribution in [0.3, 0.4) is 0 Å². The lowest BCUT2D eigenvalue weighted by molar-refractivity contribution is -0.385.